The molecule has 0 spiro atoms. The Morgan fingerprint density at radius 2 is 1.60 bits per heavy atom. The number of fused-ring (bicyclic) bond motifs is 1. The summed E-state index contributed by atoms with van der Waals surface area (Å²) in [6, 6.07) is 20.0. The summed E-state index contributed by atoms with van der Waals surface area (Å²) in [5.41, 5.74) is 6.57. The third kappa shape index (κ3) is 3.61. The number of pyridine rings is 2. The molecule has 4 aromatic rings. The molecule has 0 fully saturated rings. The highest BCUT2D eigenvalue weighted by Crippen LogP contribution is 2.37. The van der Waals surface area contributed by atoms with E-state index in [0.717, 1.165) is 44.4 Å². The van der Waals surface area contributed by atoms with Gasteiger partial charge in [0.05, 0.1) is 10.3 Å². The van der Waals surface area contributed by atoms with Crippen LogP contribution in [0.4, 0.5) is 0 Å². The summed E-state index contributed by atoms with van der Waals surface area (Å²) in [4.78, 5) is 9.00. The standard InChI is InChI=1S/C25H24N2O2S/c1-17-10-11-21(16-27-17)18-7-5-8-19(13-18)23-15-22(25(2,3)30(4,28)29)14-20-9-6-12-26-24(20)23/h5-16H,1-4H3. The van der Waals surface area contributed by atoms with E-state index >= 15 is 0 Å². The highest BCUT2D eigenvalue weighted by Gasteiger charge is 2.33. The van der Waals surface area contributed by atoms with Crippen LogP contribution in [0.3, 0.4) is 0 Å². The number of benzene rings is 2. The molecule has 0 unspecified atom stereocenters. The lowest BCUT2D eigenvalue weighted by Crippen LogP contribution is -2.28. The molecule has 0 saturated carbocycles. The Labute approximate surface area is 177 Å². The van der Waals surface area contributed by atoms with Crippen LogP contribution in [0.2, 0.25) is 0 Å². The zero-order valence-electron chi connectivity index (χ0n) is 17.5. The van der Waals surface area contributed by atoms with Crippen LogP contribution >= 0.6 is 0 Å². The molecule has 5 heteroatoms. The van der Waals surface area contributed by atoms with E-state index in [2.05, 4.69) is 28.2 Å². The Hall–Kier alpha value is -3.05. The van der Waals surface area contributed by atoms with Crippen LogP contribution in [0.1, 0.15) is 25.1 Å². The van der Waals surface area contributed by atoms with Gasteiger partial charge in [0.25, 0.3) is 0 Å². The number of sulfone groups is 1. The van der Waals surface area contributed by atoms with Crippen molar-refractivity contribution in [3.8, 4) is 22.3 Å². The maximum atomic E-state index is 12.5. The molecule has 4 rings (SSSR count). The summed E-state index contributed by atoms with van der Waals surface area (Å²) in [5, 5.41) is 0.920. The largest absolute Gasteiger partial charge is 0.261 e. The fourth-order valence-corrected chi connectivity index (χ4v) is 4.02. The smallest absolute Gasteiger partial charge is 0.156 e. The minimum atomic E-state index is -3.31. The molecule has 0 radical (unpaired) electrons. The molecule has 0 saturated heterocycles. The van der Waals surface area contributed by atoms with Crippen LogP contribution in [0.5, 0.6) is 0 Å². The fraction of sp³-hybridized carbons (Fsp3) is 0.200. The predicted octanol–water partition coefficient (Wildman–Crippen LogP) is 5.55. The van der Waals surface area contributed by atoms with Crippen molar-refractivity contribution in [1.29, 1.82) is 0 Å². The van der Waals surface area contributed by atoms with E-state index in [1.165, 1.54) is 6.26 Å². The molecule has 0 aliphatic rings. The van der Waals surface area contributed by atoms with Crippen LogP contribution in [0.15, 0.2) is 73.1 Å². The van der Waals surface area contributed by atoms with Crippen molar-refractivity contribution in [1.82, 2.24) is 9.97 Å². The summed E-state index contributed by atoms with van der Waals surface area (Å²) < 4.78 is 24.0. The molecular formula is C25H24N2O2S. The fourth-order valence-electron chi connectivity index (χ4n) is 3.48. The molecule has 0 bridgehead atoms. The first-order valence-electron chi connectivity index (χ1n) is 9.79. The predicted molar refractivity (Wildman–Crippen MR) is 123 cm³/mol. The van der Waals surface area contributed by atoms with E-state index in [1.54, 1.807) is 20.0 Å². The second-order valence-electron chi connectivity index (χ2n) is 8.15. The molecule has 0 atom stereocenters. The third-order valence-corrected chi connectivity index (χ3v) is 7.83. The SMILES string of the molecule is Cc1ccc(-c2cccc(-c3cc(C(C)(C)S(C)(=O)=O)cc4cccnc34)c2)cn1. The van der Waals surface area contributed by atoms with E-state index in [1.807, 2.05) is 55.6 Å². The van der Waals surface area contributed by atoms with Crippen molar-refractivity contribution < 1.29 is 8.42 Å². The maximum Gasteiger partial charge on any atom is 0.156 e. The lowest BCUT2D eigenvalue weighted by atomic mass is 9.92. The maximum absolute atomic E-state index is 12.5. The highest BCUT2D eigenvalue weighted by atomic mass is 32.2. The van der Waals surface area contributed by atoms with Crippen LogP contribution < -0.4 is 0 Å². The molecule has 0 N–H and O–H groups in total. The molecule has 2 aromatic carbocycles. The lowest BCUT2D eigenvalue weighted by molar-refractivity contribution is 0.561. The van der Waals surface area contributed by atoms with Gasteiger partial charge in [0.2, 0.25) is 0 Å². The van der Waals surface area contributed by atoms with Gasteiger partial charge < -0.3 is 0 Å². The van der Waals surface area contributed by atoms with Crippen LogP contribution in [0.25, 0.3) is 33.2 Å². The minimum Gasteiger partial charge on any atom is -0.261 e. The average Bonchev–Trinajstić information content (AvgIpc) is 2.72. The summed E-state index contributed by atoms with van der Waals surface area (Å²) in [7, 11) is -3.31. The Morgan fingerprint density at radius 3 is 2.30 bits per heavy atom. The minimum absolute atomic E-state index is 0.753. The molecular weight excluding hydrogens is 392 g/mol. The van der Waals surface area contributed by atoms with E-state index in [-0.39, 0.29) is 0 Å². The lowest BCUT2D eigenvalue weighted by Gasteiger charge is -2.24. The number of aryl methyl sites for hydroxylation is 1. The summed E-state index contributed by atoms with van der Waals surface area (Å²) >= 11 is 0. The van der Waals surface area contributed by atoms with Crippen LogP contribution in [-0.4, -0.2) is 24.6 Å². The number of rotatable bonds is 4. The number of hydrogen-bond donors (Lipinski definition) is 0. The van der Waals surface area contributed by atoms with Gasteiger partial charge in [0.15, 0.2) is 9.84 Å². The molecule has 30 heavy (non-hydrogen) atoms. The summed E-state index contributed by atoms with van der Waals surface area (Å²) in [6.07, 6.45) is 4.92. The Kier molecular flexibility index (Phi) is 4.94. The molecule has 0 amide bonds. The van der Waals surface area contributed by atoms with E-state index in [0.29, 0.717) is 0 Å². The van der Waals surface area contributed by atoms with Gasteiger partial charge >= 0.3 is 0 Å². The Bertz CT molecular complexity index is 1340. The van der Waals surface area contributed by atoms with Crippen LogP contribution in [-0.2, 0) is 14.6 Å². The van der Waals surface area contributed by atoms with Gasteiger partial charge in [0, 0.05) is 40.9 Å². The van der Waals surface area contributed by atoms with Gasteiger partial charge in [-0.2, -0.15) is 0 Å². The van der Waals surface area contributed by atoms with Gasteiger partial charge in [-0.3, -0.25) is 9.97 Å². The third-order valence-electron chi connectivity index (χ3n) is 5.75. The van der Waals surface area contributed by atoms with Crippen LogP contribution in [0, 0.1) is 6.92 Å². The first-order chi connectivity index (χ1) is 14.2. The second kappa shape index (κ2) is 7.33. The molecule has 2 heterocycles. The number of nitrogens with zero attached hydrogens (tertiary/aromatic N) is 2. The Morgan fingerprint density at radius 1 is 0.833 bits per heavy atom. The zero-order valence-corrected chi connectivity index (χ0v) is 18.4. The first kappa shape index (κ1) is 20.2. The second-order valence-corrected chi connectivity index (χ2v) is 10.7. The van der Waals surface area contributed by atoms with Crippen molar-refractivity contribution in [3.63, 3.8) is 0 Å². The van der Waals surface area contributed by atoms with Gasteiger partial charge in [-0.25, -0.2) is 8.42 Å². The van der Waals surface area contributed by atoms with E-state index in [9.17, 15) is 8.42 Å². The monoisotopic (exact) mass is 416 g/mol. The first-order valence-corrected chi connectivity index (χ1v) is 11.7. The van der Waals surface area contributed by atoms with E-state index < -0.39 is 14.6 Å². The van der Waals surface area contributed by atoms with Crippen molar-refractivity contribution in [2.45, 2.75) is 25.5 Å². The van der Waals surface area contributed by atoms with Gasteiger partial charge in [0.1, 0.15) is 0 Å². The van der Waals surface area contributed by atoms with Crippen molar-refractivity contribution in [2.24, 2.45) is 0 Å². The van der Waals surface area contributed by atoms with Crippen molar-refractivity contribution >= 4 is 20.7 Å². The normalized spacial score (nSPS) is 12.3. The average molecular weight is 417 g/mol. The topological polar surface area (TPSA) is 59.9 Å². The highest BCUT2D eigenvalue weighted by molar-refractivity contribution is 7.91. The quantitative estimate of drug-likeness (QED) is 0.437. The number of hydrogen-bond acceptors (Lipinski definition) is 4. The van der Waals surface area contributed by atoms with Crippen molar-refractivity contribution in [2.75, 3.05) is 6.26 Å². The Balaban J connectivity index is 1.95. The van der Waals surface area contributed by atoms with Gasteiger partial charge in [-0.15, -0.1) is 0 Å². The van der Waals surface area contributed by atoms with Gasteiger partial charge in [-0.05, 0) is 67.8 Å². The molecule has 4 nitrogen and oxygen atoms in total. The summed E-state index contributed by atoms with van der Waals surface area (Å²) in [6.45, 7) is 5.46. The molecule has 2 aromatic heterocycles. The summed E-state index contributed by atoms with van der Waals surface area (Å²) in [5.74, 6) is 0. The van der Waals surface area contributed by atoms with Gasteiger partial charge in [-0.1, -0.05) is 30.3 Å². The van der Waals surface area contributed by atoms with Crippen molar-refractivity contribution in [3.05, 3.63) is 84.3 Å². The molecule has 0 aliphatic heterocycles. The van der Waals surface area contributed by atoms with E-state index in [4.69, 9.17) is 0 Å². The zero-order chi connectivity index (χ0) is 21.5. The molecule has 152 valence electrons. The number of aromatic nitrogens is 2. The molecule has 0 aliphatic carbocycles.